The third-order valence-electron chi connectivity index (χ3n) is 7.45. The van der Waals surface area contributed by atoms with Gasteiger partial charge in [0.15, 0.2) is 5.78 Å². The summed E-state index contributed by atoms with van der Waals surface area (Å²) < 4.78 is 0. The highest BCUT2D eigenvalue weighted by atomic mass is 32.1. The third kappa shape index (κ3) is 2.15. The molecule has 1 nitrogen and oxygen atoms in total. The van der Waals surface area contributed by atoms with E-state index in [0.29, 0.717) is 17.1 Å². The lowest BCUT2D eigenvalue weighted by Crippen LogP contribution is -2.40. The number of fused-ring (bicyclic) bond motifs is 4. The standard InChI is InChI=1S/C22H26OS/c1-22-9-2-3-20(22)18-6-4-14-11-16(23)5-7-17(14)21(18)19(12-22)15-8-10-24-13-15/h8,10-11,13,18-20H,2-7,9,12H2,1H3/t18-,19+,20-,22-/m0/s1. The lowest BCUT2D eigenvalue weighted by Gasteiger charge is -2.51. The molecule has 0 aromatic carbocycles. The van der Waals surface area contributed by atoms with Crippen LogP contribution >= 0.6 is 11.3 Å². The van der Waals surface area contributed by atoms with Gasteiger partial charge in [0, 0.05) is 12.3 Å². The summed E-state index contributed by atoms with van der Waals surface area (Å²) in [7, 11) is 0. The summed E-state index contributed by atoms with van der Waals surface area (Å²) in [6.07, 6.45) is 11.7. The Morgan fingerprint density at radius 2 is 2.12 bits per heavy atom. The average Bonchev–Trinajstić information content (AvgIpc) is 3.22. The molecule has 0 bridgehead atoms. The van der Waals surface area contributed by atoms with Crippen molar-refractivity contribution in [3.63, 3.8) is 0 Å². The van der Waals surface area contributed by atoms with E-state index < -0.39 is 0 Å². The highest BCUT2D eigenvalue weighted by Gasteiger charge is 2.52. The van der Waals surface area contributed by atoms with Crippen LogP contribution in [0.1, 0.15) is 69.8 Å². The van der Waals surface area contributed by atoms with E-state index in [9.17, 15) is 4.79 Å². The second kappa shape index (κ2) is 5.42. The molecule has 0 N–H and O–H groups in total. The zero-order chi connectivity index (χ0) is 16.3. The van der Waals surface area contributed by atoms with Crippen molar-refractivity contribution >= 4 is 17.1 Å². The molecule has 0 unspecified atom stereocenters. The predicted molar refractivity (Wildman–Crippen MR) is 99.2 cm³/mol. The number of ketones is 1. The van der Waals surface area contributed by atoms with Gasteiger partial charge < -0.3 is 0 Å². The Labute approximate surface area is 148 Å². The smallest absolute Gasteiger partial charge is 0.156 e. The van der Waals surface area contributed by atoms with Crippen molar-refractivity contribution in [1.82, 2.24) is 0 Å². The van der Waals surface area contributed by atoms with Gasteiger partial charge in [-0.25, -0.2) is 0 Å². The fourth-order valence-corrected chi connectivity index (χ4v) is 7.15. The van der Waals surface area contributed by atoms with Gasteiger partial charge in [0.25, 0.3) is 0 Å². The molecule has 1 heterocycles. The molecule has 4 aliphatic rings. The van der Waals surface area contributed by atoms with Gasteiger partial charge in [0.2, 0.25) is 0 Å². The third-order valence-corrected chi connectivity index (χ3v) is 8.15. The van der Waals surface area contributed by atoms with Crippen molar-refractivity contribution in [2.75, 3.05) is 0 Å². The number of allylic oxidation sites excluding steroid dienone is 4. The Balaban J connectivity index is 1.68. The van der Waals surface area contributed by atoms with Crippen LogP contribution in [0.5, 0.6) is 0 Å². The van der Waals surface area contributed by atoms with E-state index in [0.717, 1.165) is 31.1 Å². The minimum absolute atomic E-state index is 0.349. The molecule has 1 aromatic heterocycles. The van der Waals surface area contributed by atoms with Gasteiger partial charge in [-0.2, -0.15) is 11.3 Å². The van der Waals surface area contributed by atoms with E-state index in [-0.39, 0.29) is 0 Å². The van der Waals surface area contributed by atoms with Gasteiger partial charge in [-0.3, -0.25) is 4.79 Å². The van der Waals surface area contributed by atoms with Crippen molar-refractivity contribution in [3.8, 4) is 0 Å². The van der Waals surface area contributed by atoms with Gasteiger partial charge in [-0.1, -0.05) is 18.9 Å². The molecule has 1 aromatic rings. The highest BCUT2D eigenvalue weighted by Crippen LogP contribution is 2.63. The molecule has 0 radical (unpaired) electrons. The number of rotatable bonds is 1. The van der Waals surface area contributed by atoms with E-state index in [2.05, 4.69) is 23.8 Å². The Morgan fingerprint density at radius 3 is 2.96 bits per heavy atom. The van der Waals surface area contributed by atoms with Gasteiger partial charge in [0.1, 0.15) is 0 Å². The van der Waals surface area contributed by atoms with Crippen LogP contribution in [0.2, 0.25) is 0 Å². The first kappa shape index (κ1) is 15.1. The van der Waals surface area contributed by atoms with Gasteiger partial charge in [0.05, 0.1) is 0 Å². The van der Waals surface area contributed by atoms with Crippen molar-refractivity contribution in [2.45, 2.75) is 64.2 Å². The fraction of sp³-hybridized carbons (Fsp3) is 0.591. The van der Waals surface area contributed by atoms with Gasteiger partial charge in [-0.05, 0) is 95.4 Å². The molecule has 126 valence electrons. The molecule has 5 rings (SSSR count). The van der Waals surface area contributed by atoms with E-state index in [1.807, 2.05) is 17.4 Å². The lowest BCUT2D eigenvalue weighted by atomic mass is 9.54. The number of hydrogen-bond donors (Lipinski definition) is 0. The van der Waals surface area contributed by atoms with Crippen molar-refractivity contribution in [3.05, 3.63) is 45.2 Å². The first-order valence-corrected chi connectivity index (χ1v) is 10.6. The zero-order valence-electron chi connectivity index (χ0n) is 14.5. The average molecular weight is 339 g/mol. The molecule has 2 heteroatoms. The largest absolute Gasteiger partial charge is 0.295 e. The molecule has 2 fully saturated rings. The molecule has 0 saturated heterocycles. The SMILES string of the molecule is C[C@@]12CCC[C@H]1[C@@H]1CCC3=CC(=O)CCC3=C1[C@@H](c1ccsc1)C2. The van der Waals surface area contributed by atoms with Crippen molar-refractivity contribution < 1.29 is 4.79 Å². The minimum atomic E-state index is 0.349. The van der Waals surface area contributed by atoms with E-state index in [1.165, 1.54) is 43.2 Å². The van der Waals surface area contributed by atoms with Crippen LogP contribution in [0.3, 0.4) is 0 Å². The number of hydrogen-bond acceptors (Lipinski definition) is 2. The van der Waals surface area contributed by atoms with Crippen LogP contribution in [-0.4, -0.2) is 5.78 Å². The van der Waals surface area contributed by atoms with Crippen LogP contribution < -0.4 is 0 Å². The maximum Gasteiger partial charge on any atom is 0.156 e. The molecular formula is C22H26OS. The van der Waals surface area contributed by atoms with E-state index in [4.69, 9.17) is 0 Å². The van der Waals surface area contributed by atoms with Crippen LogP contribution in [0.15, 0.2) is 39.6 Å². The molecule has 0 aliphatic heterocycles. The summed E-state index contributed by atoms with van der Waals surface area (Å²) in [5.74, 6) is 2.61. The first-order valence-electron chi connectivity index (χ1n) is 9.64. The van der Waals surface area contributed by atoms with Gasteiger partial charge in [-0.15, -0.1) is 0 Å². The Bertz CT molecular complexity index is 738. The van der Waals surface area contributed by atoms with E-state index >= 15 is 0 Å². The maximum atomic E-state index is 11.9. The molecular weight excluding hydrogens is 312 g/mol. The minimum Gasteiger partial charge on any atom is -0.295 e. The Kier molecular flexibility index (Phi) is 3.42. The van der Waals surface area contributed by atoms with Crippen LogP contribution in [0.25, 0.3) is 0 Å². The summed E-state index contributed by atoms with van der Waals surface area (Å²) in [5, 5.41) is 4.61. The number of carbonyl (C=O) groups is 1. The Hall–Kier alpha value is -1.15. The quantitative estimate of drug-likeness (QED) is 0.610. The first-order chi connectivity index (χ1) is 11.7. The zero-order valence-corrected chi connectivity index (χ0v) is 15.3. The summed E-state index contributed by atoms with van der Waals surface area (Å²) in [4.78, 5) is 11.9. The molecule has 4 aliphatic carbocycles. The highest BCUT2D eigenvalue weighted by molar-refractivity contribution is 7.08. The van der Waals surface area contributed by atoms with Crippen LogP contribution in [0.4, 0.5) is 0 Å². The summed E-state index contributed by atoms with van der Waals surface area (Å²) in [5.41, 5.74) is 6.81. The van der Waals surface area contributed by atoms with Crippen molar-refractivity contribution in [2.24, 2.45) is 17.3 Å². The molecule has 2 saturated carbocycles. The maximum absolute atomic E-state index is 11.9. The second-order valence-corrected chi connectivity index (χ2v) is 9.46. The van der Waals surface area contributed by atoms with E-state index in [1.54, 1.807) is 11.1 Å². The normalized spacial score (nSPS) is 38.5. The number of carbonyl (C=O) groups excluding carboxylic acids is 1. The monoisotopic (exact) mass is 338 g/mol. The summed E-state index contributed by atoms with van der Waals surface area (Å²) in [6.45, 7) is 2.57. The van der Waals surface area contributed by atoms with Crippen LogP contribution in [0, 0.1) is 17.3 Å². The van der Waals surface area contributed by atoms with Crippen LogP contribution in [-0.2, 0) is 4.79 Å². The van der Waals surface area contributed by atoms with Gasteiger partial charge >= 0.3 is 0 Å². The second-order valence-electron chi connectivity index (χ2n) is 8.68. The molecule has 24 heavy (non-hydrogen) atoms. The number of thiophene rings is 1. The summed E-state index contributed by atoms with van der Waals surface area (Å²) in [6, 6.07) is 2.35. The van der Waals surface area contributed by atoms with Crippen molar-refractivity contribution in [1.29, 1.82) is 0 Å². The summed E-state index contributed by atoms with van der Waals surface area (Å²) >= 11 is 1.84. The molecule has 0 spiro atoms. The Morgan fingerprint density at radius 1 is 1.21 bits per heavy atom. The lowest BCUT2D eigenvalue weighted by molar-refractivity contribution is -0.114. The predicted octanol–water partition coefficient (Wildman–Crippen LogP) is 6.04. The topological polar surface area (TPSA) is 17.1 Å². The fourth-order valence-electron chi connectivity index (χ4n) is 6.44. The molecule has 4 atom stereocenters. The molecule has 0 amide bonds.